The monoisotopic (exact) mass is 397 g/mol. The number of nitrogens with zero attached hydrogens (tertiary/aromatic N) is 2. The van der Waals surface area contributed by atoms with Gasteiger partial charge >= 0.3 is 5.97 Å². The second-order valence-electron chi connectivity index (χ2n) is 6.49. The van der Waals surface area contributed by atoms with Gasteiger partial charge in [-0.05, 0) is 24.3 Å². The zero-order valence-electron chi connectivity index (χ0n) is 16.0. The Kier molecular flexibility index (Phi) is 5.92. The highest BCUT2D eigenvalue weighted by Crippen LogP contribution is 2.22. The molecule has 3 aromatic rings. The second-order valence-corrected chi connectivity index (χ2v) is 6.49. The van der Waals surface area contributed by atoms with Gasteiger partial charge in [-0.2, -0.15) is 0 Å². The number of amides is 2. The number of likely N-dealkylation sites (N-methyl/N-ethyl adjacent to an activating group) is 1. The third-order valence-electron chi connectivity index (χ3n) is 4.41. The predicted molar refractivity (Wildman–Crippen MR) is 106 cm³/mol. The van der Waals surface area contributed by atoms with Crippen molar-refractivity contribution in [3.8, 4) is 0 Å². The molecule has 2 aromatic carbocycles. The molecule has 0 radical (unpaired) electrons. The number of aromatic nitrogens is 1. The maximum Gasteiger partial charge on any atom is 0.340 e. The van der Waals surface area contributed by atoms with E-state index in [0.29, 0.717) is 22.2 Å². The van der Waals surface area contributed by atoms with Crippen LogP contribution in [0, 0.1) is 5.82 Å². The van der Waals surface area contributed by atoms with Gasteiger partial charge in [0.05, 0.1) is 19.2 Å². The first-order valence-corrected chi connectivity index (χ1v) is 8.84. The standard InChI is InChI=1S/C21H20FN3O4/c1-24(12-19(26)23-15-7-5-6-14(22)10-15)20(27)13-25-11-17(21(28)29-2)16-8-3-4-9-18(16)25/h3-11H,12-13H2,1-2H3,(H,23,26). The molecule has 0 aliphatic heterocycles. The van der Waals surface area contributed by atoms with E-state index in [1.54, 1.807) is 41.1 Å². The van der Waals surface area contributed by atoms with Gasteiger partial charge in [0.2, 0.25) is 11.8 Å². The van der Waals surface area contributed by atoms with Crippen LogP contribution in [0.2, 0.25) is 0 Å². The summed E-state index contributed by atoms with van der Waals surface area (Å²) in [6.07, 6.45) is 1.56. The molecule has 0 saturated carbocycles. The average molecular weight is 397 g/mol. The van der Waals surface area contributed by atoms with E-state index in [-0.39, 0.29) is 19.0 Å². The first-order valence-electron chi connectivity index (χ1n) is 8.84. The molecule has 0 aliphatic rings. The van der Waals surface area contributed by atoms with Gasteiger partial charge in [0, 0.05) is 29.8 Å². The topological polar surface area (TPSA) is 80.6 Å². The van der Waals surface area contributed by atoms with E-state index in [4.69, 9.17) is 4.74 Å². The van der Waals surface area contributed by atoms with Crippen LogP contribution in [0.15, 0.2) is 54.7 Å². The molecular formula is C21H20FN3O4. The predicted octanol–water partition coefficient (Wildman–Crippen LogP) is 2.66. The molecule has 0 unspecified atom stereocenters. The number of benzene rings is 2. The van der Waals surface area contributed by atoms with Crippen molar-refractivity contribution in [3.05, 3.63) is 66.1 Å². The van der Waals surface area contributed by atoms with Crippen molar-refractivity contribution in [1.82, 2.24) is 9.47 Å². The molecule has 7 nitrogen and oxygen atoms in total. The number of halogens is 1. The summed E-state index contributed by atoms with van der Waals surface area (Å²) in [4.78, 5) is 38.0. The Hall–Kier alpha value is -3.68. The molecule has 1 aromatic heterocycles. The van der Waals surface area contributed by atoms with Crippen molar-refractivity contribution in [3.63, 3.8) is 0 Å². The number of rotatable bonds is 6. The van der Waals surface area contributed by atoms with Crippen LogP contribution in [-0.2, 0) is 20.9 Å². The molecule has 150 valence electrons. The Labute approximate surface area is 166 Å². The number of fused-ring (bicyclic) bond motifs is 1. The number of carbonyl (C=O) groups is 3. The number of ether oxygens (including phenoxy) is 1. The Bertz CT molecular complexity index is 1080. The smallest absolute Gasteiger partial charge is 0.340 e. The van der Waals surface area contributed by atoms with Gasteiger partial charge in [0.15, 0.2) is 0 Å². The molecule has 0 bridgehead atoms. The number of hydrogen-bond donors (Lipinski definition) is 1. The molecular weight excluding hydrogens is 377 g/mol. The minimum absolute atomic E-state index is 0.0543. The number of methoxy groups -OCH3 is 1. The van der Waals surface area contributed by atoms with Crippen molar-refractivity contribution in [1.29, 1.82) is 0 Å². The fraction of sp³-hybridized carbons (Fsp3) is 0.190. The highest BCUT2D eigenvalue weighted by Gasteiger charge is 2.19. The van der Waals surface area contributed by atoms with Gasteiger partial charge in [-0.25, -0.2) is 9.18 Å². The van der Waals surface area contributed by atoms with Crippen LogP contribution in [0.3, 0.4) is 0 Å². The molecule has 0 saturated heterocycles. The molecule has 2 amide bonds. The third-order valence-corrected chi connectivity index (χ3v) is 4.41. The first kappa shape index (κ1) is 20.1. The maximum absolute atomic E-state index is 13.2. The van der Waals surface area contributed by atoms with Crippen molar-refractivity contribution in [2.24, 2.45) is 0 Å². The zero-order valence-corrected chi connectivity index (χ0v) is 16.0. The van der Waals surface area contributed by atoms with Crippen molar-refractivity contribution in [2.75, 3.05) is 26.0 Å². The molecule has 0 atom stereocenters. The lowest BCUT2D eigenvalue weighted by Crippen LogP contribution is -2.36. The summed E-state index contributed by atoms with van der Waals surface area (Å²) >= 11 is 0. The second kappa shape index (κ2) is 8.55. The highest BCUT2D eigenvalue weighted by atomic mass is 19.1. The molecule has 0 aliphatic carbocycles. The van der Waals surface area contributed by atoms with E-state index in [9.17, 15) is 18.8 Å². The normalized spacial score (nSPS) is 10.6. The van der Waals surface area contributed by atoms with Crippen LogP contribution in [-0.4, -0.2) is 48.0 Å². The van der Waals surface area contributed by atoms with Crippen LogP contribution in [0.1, 0.15) is 10.4 Å². The number of nitrogens with one attached hydrogen (secondary N) is 1. The summed E-state index contributed by atoms with van der Waals surface area (Å²) < 4.78 is 19.7. The summed E-state index contributed by atoms with van der Waals surface area (Å²) in [5, 5.41) is 3.23. The zero-order chi connectivity index (χ0) is 21.0. The molecule has 3 rings (SSSR count). The van der Waals surface area contributed by atoms with Gasteiger partial charge in [0.1, 0.15) is 12.4 Å². The minimum atomic E-state index is -0.491. The van der Waals surface area contributed by atoms with E-state index in [1.807, 2.05) is 0 Å². The van der Waals surface area contributed by atoms with Crippen molar-refractivity contribution < 1.29 is 23.5 Å². The quantitative estimate of drug-likeness (QED) is 0.649. The van der Waals surface area contributed by atoms with Gasteiger partial charge < -0.3 is 19.5 Å². The van der Waals surface area contributed by atoms with E-state index >= 15 is 0 Å². The lowest BCUT2D eigenvalue weighted by Gasteiger charge is -2.17. The fourth-order valence-corrected chi connectivity index (χ4v) is 2.99. The van der Waals surface area contributed by atoms with E-state index < -0.39 is 17.7 Å². The summed E-state index contributed by atoms with van der Waals surface area (Å²) in [6.45, 7) is -0.250. The summed E-state index contributed by atoms with van der Waals surface area (Å²) in [6, 6.07) is 12.7. The number of esters is 1. The lowest BCUT2D eigenvalue weighted by atomic mass is 10.2. The molecule has 8 heteroatoms. The largest absolute Gasteiger partial charge is 0.465 e. The Balaban J connectivity index is 1.69. The van der Waals surface area contributed by atoms with Crippen LogP contribution < -0.4 is 5.32 Å². The summed E-state index contributed by atoms with van der Waals surface area (Å²) in [7, 11) is 2.80. The highest BCUT2D eigenvalue weighted by molar-refractivity contribution is 6.04. The number of carbonyl (C=O) groups excluding carboxylic acids is 3. The van der Waals surface area contributed by atoms with Gasteiger partial charge in [-0.3, -0.25) is 9.59 Å². The molecule has 1 heterocycles. The van der Waals surface area contributed by atoms with Gasteiger partial charge in [-0.15, -0.1) is 0 Å². The van der Waals surface area contributed by atoms with Crippen molar-refractivity contribution >= 4 is 34.4 Å². The molecule has 0 fully saturated rings. The summed E-state index contributed by atoms with van der Waals surface area (Å²) in [5.74, 6) is -1.72. The number of anilines is 1. The number of hydrogen-bond acceptors (Lipinski definition) is 4. The first-order chi connectivity index (χ1) is 13.9. The number of para-hydroxylation sites is 1. The molecule has 1 N–H and O–H groups in total. The van der Waals surface area contributed by atoms with Crippen LogP contribution in [0.25, 0.3) is 10.9 Å². The fourth-order valence-electron chi connectivity index (χ4n) is 2.99. The Morgan fingerprint density at radius 2 is 1.90 bits per heavy atom. The Morgan fingerprint density at radius 3 is 2.62 bits per heavy atom. The molecule has 0 spiro atoms. The SMILES string of the molecule is COC(=O)c1cn(CC(=O)N(C)CC(=O)Nc2cccc(F)c2)c2ccccc12. The van der Waals surface area contributed by atoms with E-state index in [2.05, 4.69) is 5.32 Å². The van der Waals surface area contributed by atoms with Crippen LogP contribution in [0.4, 0.5) is 10.1 Å². The average Bonchev–Trinajstić information content (AvgIpc) is 3.06. The third kappa shape index (κ3) is 4.60. The maximum atomic E-state index is 13.2. The van der Waals surface area contributed by atoms with Crippen LogP contribution in [0.5, 0.6) is 0 Å². The van der Waals surface area contributed by atoms with Gasteiger partial charge in [0.25, 0.3) is 0 Å². The van der Waals surface area contributed by atoms with Crippen molar-refractivity contribution in [2.45, 2.75) is 6.54 Å². The Morgan fingerprint density at radius 1 is 1.14 bits per heavy atom. The van der Waals surface area contributed by atoms with E-state index in [0.717, 1.165) is 0 Å². The summed E-state index contributed by atoms with van der Waals surface area (Å²) in [5.41, 5.74) is 1.39. The van der Waals surface area contributed by atoms with E-state index in [1.165, 1.54) is 37.3 Å². The lowest BCUT2D eigenvalue weighted by molar-refractivity contribution is -0.133. The van der Waals surface area contributed by atoms with Gasteiger partial charge in [-0.1, -0.05) is 24.3 Å². The van der Waals surface area contributed by atoms with Crippen LogP contribution >= 0.6 is 0 Å². The minimum Gasteiger partial charge on any atom is -0.465 e. The molecule has 29 heavy (non-hydrogen) atoms.